The first-order valence-corrected chi connectivity index (χ1v) is 8.57. The molecule has 1 N–H and O–H groups in total. The fraction of sp³-hybridized carbons (Fsp3) is 0.421. The van der Waals surface area contributed by atoms with E-state index in [9.17, 15) is 19.5 Å². The Balaban J connectivity index is 2.09. The van der Waals surface area contributed by atoms with Crippen molar-refractivity contribution in [2.75, 3.05) is 20.2 Å². The van der Waals surface area contributed by atoms with Crippen LogP contribution in [0.25, 0.3) is 11.0 Å². The molecule has 7 nitrogen and oxygen atoms in total. The van der Waals surface area contributed by atoms with Crippen LogP contribution in [0.3, 0.4) is 0 Å². The van der Waals surface area contributed by atoms with Gasteiger partial charge in [0.15, 0.2) is 23.4 Å². The molecule has 0 spiro atoms. The number of aryl methyl sites for hydroxylation is 1. The Bertz CT molecular complexity index is 924. The highest BCUT2D eigenvalue weighted by Gasteiger charge is 2.23. The molecule has 1 aromatic heterocycles. The average molecular weight is 359 g/mol. The normalized spacial score (nSPS) is 14.5. The van der Waals surface area contributed by atoms with Gasteiger partial charge in [-0.05, 0) is 37.8 Å². The summed E-state index contributed by atoms with van der Waals surface area (Å²) in [7, 11) is 1.37. The smallest absolute Gasteiger partial charge is 0.340 e. The van der Waals surface area contributed by atoms with Gasteiger partial charge in [0.2, 0.25) is 5.91 Å². The fourth-order valence-electron chi connectivity index (χ4n) is 3.38. The Morgan fingerprint density at radius 1 is 1.35 bits per heavy atom. The number of phenolic OH excluding ortho intramolecular Hbond substituents is 1. The van der Waals surface area contributed by atoms with Crippen molar-refractivity contribution in [3.63, 3.8) is 0 Å². The second-order valence-corrected chi connectivity index (χ2v) is 6.45. The minimum absolute atomic E-state index is 0.00466. The molecule has 3 rings (SSSR count). The minimum Gasteiger partial charge on any atom is -0.504 e. The molecular weight excluding hydrogens is 338 g/mol. The highest BCUT2D eigenvalue weighted by Crippen LogP contribution is 2.36. The molecule has 1 aliphatic heterocycles. The van der Waals surface area contributed by atoms with Crippen LogP contribution in [0.2, 0.25) is 0 Å². The lowest BCUT2D eigenvalue weighted by molar-refractivity contribution is -0.131. The van der Waals surface area contributed by atoms with E-state index in [1.54, 1.807) is 11.8 Å². The number of hydrogen-bond donors (Lipinski definition) is 1. The topological polar surface area (TPSA) is 97.0 Å². The molecule has 1 fully saturated rings. The number of hydrogen-bond acceptors (Lipinski definition) is 6. The van der Waals surface area contributed by atoms with Crippen molar-refractivity contribution < 1.29 is 23.8 Å². The Kier molecular flexibility index (Phi) is 4.97. The van der Waals surface area contributed by atoms with Crippen LogP contribution in [0.4, 0.5) is 0 Å². The number of carbonyl (C=O) groups is 2. The van der Waals surface area contributed by atoms with E-state index in [-0.39, 0.29) is 40.5 Å². The molecule has 1 amide bonds. The number of aldehydes is 1. The Hall–Kier alpha value is -2.83. The molecule has 1 aromatic carbocycles. The van der Waals surface area contributed by atoms with E-state index in [1.165, 1.54) is 13.2 Å². The Labute approximate surface area is 150 Å². The number of benzene rings is 1. The summed E-state index contributed by atoms with van der Waals surface area (Å²) in [6, 6.07) is 1.50. The number of methoxy groups -OCH3 is 1. The summed E-state index contributed by atoms with van der Waals surface area (Å²) in [4.78, 5) is 38.1. The molecule has 1 saturated heterocycles. The maximum absolute atomic E-state index is 12.5. The van der Waals surface area contributed by atoms with Crippen LogP contribution < -0.4 is 10.4 Å². The van der Waals surface area contributed by atoms with Crippen molar-refractivity contribution in [1.29, 1.82) is 0 Å². The summed E-state index contributed by atoms with van der Waals surface area (Å²) in [5.74, 6) is -0.389. The van der Waals surface area contributed by atoms with E-state index in [4.69, 9.17) is 9.15 Å². The maximum atomic E-state index is 12.5. The molecule has 0 aliphatic carbocycles. The van der Waals surface area contributed by atoms with Gasteiger partial charge in [-0.1, -0.05) is 0 Å². The first-order chi connectivity index (χ1) is 12.5. The van der Waals surface area contributed by atoms with Crippen molar-refractivity contribution in [2.45, 2.75) is 32.6 Å². The number of carbonyl (C=O) groups excluding carboxylic acids is 2. The van der Waals surface area contributed by atoms with Crippen LogP contribution >= 0.6 is 0 Å². The van der Waals surface area contributed by atoms with Gasteiger partial charge in [0, 0.05) is 18.5 Å². The number of aromatic hydroxyl groups is 1. The SMILES string of the molecule is COc1cc2c(C)c(CC(=O)N3CCCCC3)c(=O)oc2c(C=O)c1O. The lowest BCUT2D eigenvalue weighted by atomic mass is 10.00. The van der Waals surface area contributed by atoms with Crippen molar-refractivity contribution in [3.8, 4) is 11.5 Å². The fourth-order valence-corrected chi connectivity index (χ4v) is 3.38. The lowest BCUT2D eigenvalue weighted by Gasteiger charge is -2.26. The molecule has 0 bridgehead atoms. The summed E-state index contributed by atoms with van der Waals surface area (Å²) in [6.07, 6.45) is 3.41. The van der Waals surface area contributed by atoms with Crippen LogP contribution in [0, 0.1) is 6.92 Å². The van der Waals surface area contributed by atoms with E-state index < -0.39 is 5.63 Å². The summed E-state index contributed by atoms with van der Waals surface area (Å²) in [5.41, 5.74) is -0.0165. The average Bonchev–Trinajstić information content (AvgIpc) is 2.65. The second-order valence-electron chi connectivity index (χ2n) is 6.45. The van der Waals surface area contributed by atoms with Crippen molar-refractivity contribution in [2.24, 2.45) is 0 Å². The summed E-state index contributed by atoms with van der Waals surface area (Å²) in [6.45, 7) is 3.10. The Morgan fingerprint density at radius 2 is 2.04 bits per heavy atom. The van der Waals surface area contributed by atoms with Gasteiger partial charge in [0.25, 0.3) is 0 Å². The molecule has 0 radical (unpaired) electrons. The van der Waals surface area contributed by atoms with E-state index in [2.05, 4.69) is 0 Å². The van der Waals surface area contributed by atoms with Crippen LogP contribution in [0.1, 0.15) is 40.7 Å². The predicted octanol–water partition coefficient (Wildman–Crippen LogP) is 2.18. The molecular formula is C19H21NO6. The van der Waals surface area contributed by atoms with E-state index >= 15 is 0 Å². The van der Waals surface area contributed by atoms with Gasteiger partial charge in [-0.2, -0.15) is 0 Å². The Morgan fingerprint density at radius 3 is 2.65 bits per heavy atom. The number of piperidine rings is 1. The van der Waals surface area contributed by atoms with Gasteiger partial charge in [0.05, 0.1) is 19.1 Å². The standard InChI is InChI=1S/C19H21NO6/c1-11-12-8-15(25-2)17(23)14(10-21)18(12)26-19(24)13(11)9-16(22)20-6-4-3-5-7-20/h8,10,23H,3-7,9H2,1-2H3. The largest absolute Gasteiger partial charge is 0.504 e. The summed E-state index contributed by atoms with van der Waals surface area (Å²) in [5, 5.41) is 10.5. The predicted molar refractivity (Wildman–Crippen MR) is 95.0 cm³/mol. The second kappa shape index (κ2) is 7.19. The van der Waals surface area contributed by atoms with Crippen molar-refractivity contribution in [3.05, 3.63) is 33.2 Å². The summed E-state index contributed by atoms with van der Waals surface area (Å²) < 4.78 is 10.4. The highest BCUT2D eigenvalue weighted by molar-refractivity contribution is 6.00. The van der Waals surface area contributed by atoms with Gasteiger partial charge < -0.3 is 19.2 Å². The molecule has 2 aromatic rings. The highest BCUT2D eigenvalue weighted by atomic mass is 16.5. The van der Waals surface area contributed by atoms with Gasteiger partial charge in [-0.25, -0.2) is 4.79 Å². The molecule has 26 heavy (non-hydrogen) atoms. The molecule has 0 unspecified atom stereocenters. The third-order valence-corrected chi connectivity index (χ3v) is 4.93. The monoisotopic (exact) mass is 359 g/mol. The minimum atomic E-state index is -0.673. The third-order valence-electron chi connectivity index (χ3n) is 4.93. The van der Waals surface area contributed by atoms with Gasteiger partial charge in [-0.15, -0.1) is 0 Å². The number of nitrogens with zero attached hydrogens (tertiary/aromatic N) is 1. The molecule has 0 saturated carbocycles. The molecule has 138 valence electrons. The lowest BCUT2D eigenvalue weighted by Crippen LogP contribution is -2.37. The van der Waals surface area contributed by atoms with E-state index in [0.717, 1.165) is 19.3 Å². The third kappa shape index (κ3) is 3.05. The zero-order valence-corrected chi connectivity index (χ0v) is 14.8. The van der Waals surface area contributed by atoms with Crippen molar-refractivity contribution in [1.82, 2.24) is 4.90 Å². The zero-order chi connectivity index (χ0) is 18.8. The number of amides is 1. The molecule has 1 aliphatic rings. The number of likely N-dealkylation sites (tertiary alicyclic amines) is 1. The molecule has 0 atom stereocenters. The number of phenols is 1. The van der Waals surface area contributed by atoms with Crippen LogP contribution in [-0.2, 0) is 11.2 Å². The first kappa shape index (κ1) is 18.0. The van der Waals surface area contributed by atoms with Crippen LogP contribution in [-0.4, -0.2) is 42.4 Å². The number of rotatable bonds is 4. The van der Waals surface area contributed by atoms with E-state index in [0.29, 0.717) is 30.3 Å². The molecule has 2 heterocycles. The van der Waals surface area contributed by atoms with Gasteiger partial charge in [-0.3, -0.25) is 9.59 Å². The number of fused-ring (bicyclic) bond motifs is 1. The molecule has 7 heteroatoms. The van der Waals surface area contributed by atoms with Crippen LogP contribution in [0.5, 0.6) is 11.5 Å². The van der Waals surface area contributed by atoms with Crippen LogP contribution in [0.15, 0.2) is 15.3 Å². The summed E-state index contributed by atoms with van der Waals surface area (Å²) >= 11 is 0. The van der Waals surface area contributed by atoms with Crippen molar-refractivity contribution >= 4 is 23.2 Å². The maximum Gasteiger partial charge on any atom is 0.340 e. The first-order valence-electron chi connectivity index (χ1n) is 8.57. The van der Waals surface area contributed by atoms with E-state index in [1.807, 2.05) is 0 Å². The quantitative estimate of drug-likeness (QED) is 0.664. The van der Waals surface area contributed by atoms with Gasteiger partial charge in [0.1, 0.15) is 5.56 Å². The zero-order valence-electron chi connectivity index (χ0n) is 14.8. The number of ether oxygens (including phenoxy) is 1. The van der Waals surface area contributed by atoms with Gasteiger partial charge >= 0.3 is 5.63 Å².